The fourth-order valence-corrected chi connectivity index (χ4v) is 1.75. The maximum absolute atomic E-state index is 12.8. The Morgan fingerprint density at radius 1 is 1.24 bits per heavy atom. The first-order valence-electron chi connectivity index (χ1n) is 5.99. The number of halogens is 2. The van der Waals surface area contributed by atoms with E-state index in [1.54, 1.807) is 12.1 Å². The van der Waals surface area contributed by atoms with Crippen LogP contribution in [0, 0.1) is 5.92 Å². The van der Waals surface area contributed by atoms with Crippen molar-refractivity contribution in [3.05, 3.63) is 23.8 Å². The third-order valence-electron chi connectivity index (χ3n) is 3.05. The molecule has 0 saturated carbocycles. The van der Waals surface area contributed by atoms with Crippen LogP contribution in [0.4, 0.5) is 20.2 Å². The zero-order chi connectivity index (χ0) is 12.8. The first-order chi connectivity index (χ1) is 8.08. The maximum atomic E-state index is 12.8. The van der Waals surface area contributed by atoms with Crippen LogP contribution in [0.5, 0.6) is 0 Å². The summed E-state index contributed by atoms with van der Waals surface area (Å²) < 4.78 is 25.6. The first kappa shape index (κ1) is 13.7. The van der Waals surface area contributed by atoms with Crippen molar-refractivity contribution in [1.82, 2.24) is 0 Å². The standard InChI is InChI=1S/C13H20F2N2/c1-3-9(4-2)8-17-12-6-5-10(16)7-11(12)13(14)15/h5-7,9,13,17H,3-4,8,16H2,1-2H3. The van der Waals surface area contributed by atoms with Gasteiger partial charge in [0.05, 0.1) is 0 Å². The highest BCUT2D eigenvalue weighted by Gasteiger charge is 2.14. The molecule has 0 aliphatic rings. The minimum absolute atomic E-state index is 0.0176. The molecule has 4 heteroatoms. The van der Waals surface area contributed by atoms with Gasteiger partial charge >= 0.3 is 0 Å². The average Bonchev–Trinajstić information content (AvgIpc) is 2.31. The zero-order valence-electron chi connectivity index (χ0n) is 10.3. The summed E-state index contributed by atoms with van der Waals surface area (Å²) in [6.45, 7) is 4.93. The number of anilines is 2. The van der Waals surface area contributed by atoms with Gasteiger partial charge in [-0.2, -0.15) is 0 Å². The normalized spacial score (nSPS) is 11.2. The molecule has 3 N–H and O–H groups in total. The Morgan fingerprint density at radius 2 is 1.88 bits per heavy atom. The Kier molecular flexibility index (Phi) is 5.19. The predicted molar refractivity (Wildman–Crippen MR) is 68.4 cm³/mol. The molecule has 2 nitrogen and oxygen atoms in total. The molecule has 96 valence electrons. The molecule has 0 aliphatic heterocycles. The van der Waals surface area contributed by atoms with Crippen molar-refractivity contribution in [1.29, 1.82) is 0 Å². The van der Waals surface area contributed by atoms with Crippen molar-refractivity contribution < 1.29 is 8.78 Å². The van der Waals surface area contributed by atoms with E-state index < -0.39 is 6.43 Å². The monoisotopic (exact) mass is 242 g/mol. The van der Waals surface area contributed by atoms with Crippen LogP contribution in [0.25, 0.3) is 0 Å². The van der Waals surface area contributed by atoms with Crippen LogP contribution in [-0.2, 0) is 0 Å². The highest BCUT2D eigenvalue weighted by molar-refractivity contribution is 5.58. The fourth-order valence-electron chi connectivity index (χ4n) is 1.75. The summed E-state index contributed by atoms with van der Waals surface area (Å²) >= 11 is 0. The topological polar surface area (TPSA) is 38.0 Å². The number of hydrogen-bond acceptors (Lipinski definition) is 2. The lowest BCUT2D eigenvalue weighted by atomic mass is 10.0. The van der Waals surface area contributed by atoms with Crippen molar-refractivity contribution >= 4 is 11.4 Å². The molecule has 0 fully saturated rings. The van der Waals surface area contributed by atoms with Gasteiger partial charge in [0.15, 0.2) is 0 Å². The summed E-state index contributed by atoms with van der Waals surface area (Å²) in [5.74, 6) is 0.512. The molecule has 1 aromatic carbocycles. The van der Waals surface area contributed by atoms with Crippen LogP contribution >= 0.6 is 0 Å². The molecule has 0 heterocycles. The van der Waals surface area contributed by atoms with Crippen LogP contribution in [-0.4, -0.2) is 6.54 Å². The molecule has 0 aliphatic carbocycles. The van der Waals surface area contributed by atoms with Gasteiger partial charge in [-0.25, -0.2) is 8.78 Å². The molecular formula is C13H20F2N2. The maximum Gasteiger partial charge on any atom is 0.265 e. The quantitative estimate of drug-likeness (QED) is 0.738. The van der Waals surface area contributed by atoms with Gasteiger partial charge in [0.25, 0.3) is 6.43 Å². The smallest absolute Gasteiger partial charge is 0.265 e. The largest absolute Gasteiger partial charge is 0.399 e. The molecule has 0 unspecified atom stereocenters. The first-order valence-corrected chi connectivity index (χ1v) is 5.99. The van der Waals surface area contributed by atoms with E-state index in [1.807, 2.05) is 0 Å². The second-order valence-electron chi connectivity index (χ2n) is 4.21. The van der Waals surface area contributed by atoms with E-state index >= 15 is 0 Å². The van der Waals surface area contributed by atoms with E-state index in [0.717, 1.165) is 19.4 Å². The SMILES string of the molecule is CCC(CC)CNc1ccc(N)cc1C(F)F. The molecule has 0 atom stereocenters. The van der Waals surface area contributed by atoms with E-state index in [4.69, 9.17) is 5.73 Å². The zero-order valence-corrected chi connectivity index (χ0v) is 10.3. The summed E-state index contributed by atoms with van der Waals surface area (Å²) in [4.78, 5) is 0. The van der Waals surface area contributed by atoms with E-state index in [0.29, 0.717) is 17.3 Å². The number of nitrogens with one attached hydrogen (secondary N) is 1. The van der Waals surface area contributed by atoms with Crippen LogP contribution in [0.15, 0.2) is 18.2 Å². The Morgan fingerprint density at radius 3 is 2.41 bits per heavy atom. The van der Waals surface area contributed by atoms with Crippen LogP contribution in [0.1, 0.15) is 38.7 Å². The van der Waals surface area contributed by atoms with Gasteiger partial charge < -0.3 is 11.1 Å². The Bertz CT molecular complexity index is 349. The Labute approximate surface area is 101 Å². The minimum Gasteiger partial charge on any atom is -0.399 e. The summed E-state index contributed by atoms with van der Waals surface area (Å²) in [7, 11) is 0. The van der Waals surface area contributed by atoms with Gasteiger partial charge in [-0.3, -0.25) is 0 Å². The molecule has 0 aromatic heterocycles. The lowest BCUT2D eigenvalue weighted by Crippen LogP contribution is -2.14. The Hall–Kier alpha value is -1.32. The van der Waals surface area contributed by atoms with Crippen molar-refractivity contribution in [2.24, 2.45) is 5.92 Å². The summed E-state index contributed by atoms with van der Waals surface area (Å²) in [5, 5.41) is 3.09. The fraction of sp³-hybridized carbons (Fsp3) is 0.538. The Balaban J connectivity index is 2.76. The van der Waals surface area contributed by atoms with Gasteiger partial charge in [0, 0.05) is 23.5 Å². The summed E-state index contributed by atoms with van der Waals surface area (Å²) in [5.41, 5.74) is 6.35. The number of hydrogen-bond donors (Lipinski definition) is 2. The third kappa shape index (κ3) is 3.88. The molecule has 0 radical (unpaired) electrons. The number of benzene rings is 1. The van der Waals surface area contributed by atoms with Gasteiger partial charge in [0.1, 0.15) is 0 Å². The molecule has 0 bridgehead atoms. The molecule has 0 saturated heterocycles. The van der Waals surface area contributed by atoms with Gasteiger partial charge in [-0.15, -0.1) is 0 Å². The second kappa shape index (κ2) is 6.42. The van der Waals surface area contributed by atoms with Crippen LogP contribution in [0.3, 0.4) is 0 Å². The second-order valence-corrected chi connectivity index (χ2v) is 4.21. The van der Waals surface area contributed by atoms with E-state index in [1.165, 1.54) is 6.07 Å². The average molecular weight is 242 g/mol. The lowest BCUT2D eigenvalue weighted by Gasteiger charge is -2.17. The molecule has 0 amide bonds. The molecular weight excluding hydrogens is 222 g/mol. The molecule has 0 spiro atoms. The van der Waals surface area contributed by atoms with E-state index in [2.05, 4.69) is 19.2 Å². The molecule has 1 aromatic rings. The van der Waals surface area contributed by atoms with Crippen molar-refractivity contribution in [3.63, 3.8) is 0 Å². The number of rotatable bonds is 6. The summed E-state index contributed by atoms with van der Waals surface area (Å²) in [6.07, 6.45) is -0.409. The minimum atomic E-state index is -2.50. The van der Waals surface area contributed by atoms with Gasteiger partial charge in [-0.05, 0) is 24.1 Å². The lowest BCUT2D eigenvalue weighted by molar-refractivity contribution is 0.152. The van der Waals surface area contributed by atoms with Gasteiger partial charge in [-0.1, -0.05) is 26.7 Å². The number of nitrogen functional groups attached to an aromatic ring is 1. The van der Waals surface area contributed by atoms with E-state index in [9.17, 15) is 8.78 Å². The van der Waals surface area contributed by atoms with Crippen molar-refractivity contribution in [2.45, 2.75) is 33.1 Å². The van der Waals surface area contributed by atoms with E-state index in [-0.39, 0.29) is 5.56 Å². The number of nitrogens with two attached hydrogens (primary N) is 1. The number of alkyl halides is 2. The van der Waals surface area contributed by atoms with Crippen molar-refractivity contribution in [2.75, 3.05) is 17.6 Å². The van der Waals surface area contributed by atoms with Crippen LogP contribution < -0.4 is 11.1 Å². The summed E-state index contributed by atoms with van der Waals surface area (Å²) in [6, 6.07) is 4.60. The molecule has 17 heavy (non-hydrogen) atoms. The highest BCUT2D eigenvalue weighted by Crippen LogP contribution is 2.29. The van der Waals surface area contributed by atoms with Crippen molar-refractivity contribution in [3.8, 4) is 0 Å². The highest BCUT2D eigenvalue weighted by atomic mass is 19.3. The third-order valence-corrected chi connectivity index (χ3v) is 3.05. The van der Waals surface area contributed by atoms with Crippen LogP contribution in [0.2, 0.25) is 0 Å². The van der Waals surface area contributed by atoms with Gasteiger partial charge in [0.2, 0.25) is 0 Å². The molecule has 1 rings (SSSR count). The predicted octanol–water partition coefficient (Wildman–Crippen LogP) is 4.05.